The highest BCUT2D eigenvalue weighted by Gasteiger charge is 2.61. The predicted molar refractivity (Wildman–Crippen MR) is 121 cm³/mol. The molecular weight excluding hydrogens is 354 g/mol. The van der Waals surface area contributed by atoms with Crippen LogP contribution in [-0.4, -0.2) is 11.9 Å². The van der Waals surface area contributed by atoms with E-state index < -0.39 is 0 Å². The average molecular weight is 400 g/mol. The maximum absolute atomic E-state index is 12.0. The fourth-order valence-corrected chi connectivity index (χ4v) is 8.71. The number of carbonyl (C=O) groups is 1. The van der Waals surface area contributed by atoms with E-state index in [1.54, 1.807) is 0 Å². The van der Waals surface area contributed by atoms with Crippen LogP contribution in [0.1, 0.15) is 92.9 Å². The summed E-state index contributed by atoms with van der Waals surface area (Å²) in [5.74, 6) is 5.93. The van der Waals surface area contributed by atoms with Crippen LogP contribution in [0.4, 0.5) is 0 Å². The van der Waals surface area contributed by atoms with Gasteiger partial charge < -0.3 is 5.32 Å². The predicted octanol–water partition coefficient (Wildman–Crippen LogP) is 6.61. The first-order valence-electron chi connectivity index (χ1n) is 12.7. The maximum atomic E-state index is 12.0. The van der Waals surface area contributed by atoms with Crippen LogP contribution in [0.2, 0.25) is 0 Å². The molecule has 0 aromatic rings. The average Bonchev–Trinajstić information content (AvgIpc) is 3.00. The molecule has 3 fully saturated rings. The van der Waals surface area contributed by atoms with E-state index in [9.17, 15) is 4.79 Å². The quantitative estimate of drug-likeness (QED) is 0.554. The van der Waals surface area contributed by atoms with Gasteiger partial charge in [-0.15, -0.1) is 0 Å². The van der Waals surface area contributed by atoms with E-state index in [1.807, 2.05) is 6.08 Å². The summed E-state index contributed by atoms with van der Waals surface area (Å²) in [6.07, 6.45) is 15.1. The Hall–Kier alpha value is -0.790. The zero-order chi connectivity index (χ0) is 21.0. The number of hydrogen-bond donors (Lipinski definition) is 1. The third-order valence-electron chi connectivity index (χ3n) is 10.3. The maximum Gasteiger partial charge on any atom is 0.243 e. The third kappa shape index (κ3) is 3.51. The standard InChI is InChI=1S/C27H45NO/c1-17(2)8-7-9-18(3)20-10-11-21-25-19(4)16-23-27(6,15-13-24(29)28-23)22(25)12-14-26(20,21)5/h13,15,17-23,25H,7-12,14,16H2,1-6H3,(H,28,29)/t18?,19?,20?,21?,22?,23?,25?,26-,27?/m1/s1. The number of fused-ring (bicyclic) bond motifs is 5. The second-order valence-corrected chi connectivity index (χ2v) is 12.3. The van der Waals surface area contributed by atoms with E-state index >= 15 is 0 Å². The van der Waals surface area contributed by atoms with Gasteiger partial charge in [-0.3, -0.25) is 4.79 Å². The van der Waals surface area contributed by atoms with Gasteiger partial charge >= 0.3 is 0 Å². The van der Waals surface area contributed by atoms with Crippen molar-refractivity contribution in [1.82, 2.24) is 5.32 Å². The molecule has 1 aliphatic heterocycles. The molecule has 1 heterocycles. The summed E-state index contributed by atoms with van der Waals surface area (Å²) in [4.78, 5) is 12.0. The number of carbonyl (C=O) groups excluding carboxylic acids is 1. The topological polar surface area (TPSA) is 29.1 Å². The number of nitrogens with one attached hydrogen (secondary N) is 1. The molecule has 4 rings (SSSR count). The van der Waals surface area contributed by atoms with Crippen molar-refractivity contribution in [3.8, 4) is 0 Å². The van der Waals surface area contributed by atoms with Crippen LogP contribution in [0.25, 0.3) is 0 Å². The van der Waals surface area contributed by atoms with Gasteiger partial charge in [0, 0.05) is 11.5 Å². The molecule has 0 aromatic heterocycles. The molecule has 1 amide bonds. The molecule has 8 unspecified atom stereocenters. The molecule has 3 saturated carbocycles. The normalized spacial score (nSPS) is 47.3. The van der Waals surface area contributed by atoms with Gasteiger partial charge in [-0.25, -0.2) is 0 Å². The largest absolute Gasteiger partial charge is 0.349 e. The van der Waals surface area contributed by atoms with Crippen molar-refractivity contribution in [3.05, 3.63) is 12.2 Å². The first-order chi connectivity index (χ1) is 13.7. The van der Waals surface area contributed by atoms with Crippen molar-refractivity contribution in [2.75, 3.05) is 0 Å². The fraction of sp³-hybridized carbons (Fsp3) is 0.889. The Balaban J connectivity index is 1.53. The number of amides is 1. The zero-order valence-electron chi connectivity index (χ0n) is 19.8. The Morgan fingerprint density at radius 3 is 2.59 bits per heavy atom. The second-order valence-electron chi connectivity index (χ2n) is 12.3. The van der Waals surface area contributed by atoms with Crippen molar-refractivity contribution in [2.45, 2.75) is 99.0 Å². The van der Waals surface area contributed by atoms with Crippen LogP contribution in [-0.2, 0) is 4.79 Å². The molecule has 4 aliphatic rings. The van der Waals surface area contributed by atoms with Crippen LogP contribution in [0.3, 0.4) is 0 Å². The van der Waals surface area contributed by atoms with Gasteiger partial charge in [-0.2, -0.15) is 0 Å². The Morgan fingerprint density at radius 1 is 1.10 bits per heavy atom. The molecule has 0 aromatic carbocycles. The number of hydrogen-bond acceptors (Lipinski definition) is 1. The molecule has 0 spiro atoms. The summed E-state index contributed by atoms with van der Waals surface area (Å²) in [6, 6.07) is 0.341. The van der Waals surface area contributed by atoms with Crippen LogP contribution in [0.5, 0.6) is 0 Å². The van der Waals surface area contributed by atoms with Gasteiger partial charge in [0.2, 0.25) is 5.91 Å². The third-order valence-corrected chi connectivity index (χ3v) is 10.3. The lowest BCUT2D eigenvalue weighted by molar-refractivity contribution is -0.126. The van der Waals surface area contributed by atoms with Crippen molar-refractivity contribution in [3.63, 3.8) is 0 Å². The van der Waals surface area contributed by atoms with Crippen molar-refractivity contribution in [2.24, 2.45) is 52.3 Å². The molecule has 0 saturated heterocycles. The highest BCUT2D eigenvalue weighted by atomic mass is 16.1. The minimum atomic E-state index is 0.120. The molecule has 3 aliphatic carbocycles. The molecule has 164 valence electrons. The molecule has 29 heavy (non-hydrogen) atoms. The summed E-state index contributed by atoms with van der Waals surface area (Å²) in [5.41, 5.74) is 0.699. The van der Waals surface area contributed by atoms with Crippen molar-refractivity contribution >= 4 is 5.91 Å². The van der Waals surface area contributed by atoms with E-state index in [0.717, 1.165) is 47.8 Å². The lowest BCUT2D eigenvalue weighted by atomic mass is 9.45. The summed E-state index contributed by atoms with van der Waals surface area (Å²) in [7, 11) is 0. The Bertz CT molecular complexity index is 653. The number of rotatable bonds is 5. The van der Waals surface area contributed by atoms with E-state index in [4.69, 9.17) is 0 Å². The van der Waals surface area contributed by atoms with Gasteiger partial charge in [-0.05, 0) is 85.0 Å². The van der Waals surface area contributed by atoms with Gasteiger partial charge in [0.05, 0.1) is 0 Å². The van der Waals surface area contributed by atoms with Crippen molar-refractivity contribution in [1.29, 1.82) is 0 Å². The van der Waals surface area contributed by atoms with E-state index in [1.165, 1.54) is 44.9 Å². The molecular formula is C27H45NO. The zero-order valence-corrected chi connectivity index (χ0v) is 19.8. The van der Waals surface area contributed by atoms with Gasteiger partial charge in [0.25, 0.3) is 0 Å². The second kappa shape index (κ2) is 7.72. The van der Waals surface area contributed by atoms with Crippen LogP contribution >= 0.6 is 0 Å². The lowest BCUT2D eigenvalue weighted by Crippen LogP contribution is -2.61. The van der Waals surface area contributed by atoms with Gasteiger partial charge in [0.15, 0.2) is 0 Å². The van der Waals surface area contributed by atoms with Gasteiger partial charge in [0.1, 0.15) is 0 Å². The highest BCUT2D eigenvalue weighted by molar-refractivity contribution is 5.89. The smallest absolute Gasteiger partial charge is 0.243 e. The summed E-state index contributed by atoms with van der Waals surface area (Å²) < 4.78 is 0. The first-order valence-corrected chi connectivity index (χ1v) is 12.7. The highest BCUT2D eigenvalue weighted by Crippen LogP contribution is 2.67. The minimum Gasteiger partial charge on any atom is -0.349 e. The van der Waals surface area contributed by atoms with E-state index in [2.05, 4.69) is 52.9 Å². The Morgan fingerprint density at radius 2 is 1.86 bits per heavy atom. The Kier molecular flexibility index (Phi) is 5.71. The van der Waals surface area contributed by atoms with Crippen LogP contribution in [0, 0.1) is 52.3 Å². The lowest BCUT2D eigenvalue weighted by Gasteiger charge is -2.61. The fourth-order valence-electron chi connectivity index (χ4n) is 8.71. The first kappa shape index (κ1) is 21.4. The summed E-state index contributed by atoms with van der Waals surface area (Å²) in [6.45, 7) is 14.9. The van der Waals surface area contributed by atoms with E-state index in [-0.39, 0.29) is 11.3 Å². The molecule has 9 atom stereocenters. The SMILES string of the molecule is CC(C)CCCC(C)C1CCC2C3C(C)CC4NC(=O)C=CC4(C)C3CC[C@]12C. The van der Waals surface area contributed by atoms with Gasteiger partial charge in [-0.1, -0.05) is 66.9 Å². The monoisotopic (exact) mass is 399 g/mol. The summed E-state index contributed by atoms with van der Waals surface area (Å²) in [5, 5.41) is 3.32. The van der Waals surface area contributed by atoms with Crippen LogP contribution < -0.4 is 5.32 Å². The molecule has 1 N–H and O–H groups in total. The molecule has 2 nitrogen and oxygen atoms in total. The van der Waals surface area contributed by atoms with E-state index in [0.29, 0.717) is 11.5 Å². The molecule has 0 bridgehead atoms. The minimum absolute atomic E-state index is 0.120. The summed E-state index contributed by atoms with van der Waals surface area (Å²) >= 11 is 0. The Labute approximate surface area is 179 Å². The molecule has 2 heteroatoms. The molecule has 0 radical (unpaired) electrons. The van der Waals surface area contributed by atoms with Crippen LogP contribution in [0.15, 0.2) is 12.2 Å². The van der Waals surface area contributed by atoms with Crippen molar-refractivity contribution < 1.29 is 4.79 Å².